The molecule has 0 unspecified atom stereocenters. The molecule has 1 fully saturated rings. The lowest BCUT2D eigenvalue weighted by Gasteiger charge is -2.18. The standard InChI is InChI=1S/C23H29N3O4S/c1-3-26-13-12-16-8-10-19(15-20(16)26)24-23(27)17-9-11-21(30-2)22(14-17)31(28,29)25-18-6-4-5-7-18/h8-11,14-15,18,25H,3-7,12-13H2,1-2H3,(H,24,27). The van der Waals surface area contributed by atoms with Crippen molar-refractivity contribution in [1.82, 2.24) is 4.72 Å². The van der Waals surface area contributed by atoms with Gasteiger partial charge in [-0.15, -0.1) is 0 Å². The van der Waals surface area contributed by atoms with Gasteiger partial charge in [0.1, 0.15) is 10.6 Å². The summed E-state index contributed by atoms with van der Waals surface area (Å²) >= 11 is 0. The van der Waals surface area contributed by atoms with E-state index in [0.29, 0.717) is 5.69 Å². The van der Waals surface area contributed by atoms with Crippen molar-refractivity contribution in [3.8, 4) is 5.75 Å². The number of ether oxygens (including phenoxy) is 1. The summed E-state index contributed by atoms with van der Waals surface area (Å²) in [5.74, 6) is -0.140. The lowest BCUT2D eigenvalue weighted by molar-refractivity contribution is 0.102. The molecule has 0 bridgehead atoms. The molecule has 4 rings (SSSR count). The zero-order chi connectivity index (χ0) is 22.0. The van der Waals surface area contributed by atoms with Gasteiger partial charge in [-0.2, -0.15) is 0 Å². The molecule has 1 saturated carbocycles. The second-order valence-electron chi connectivity index (χ2n) is 8.10. The van der Waals surface area contributed by atoms with Gasteiger partial charge in [-0.25, -0.2) is 13.1 Å². The highest BCUT2D eigenvalue weighted by Gasteiger charge is 2.27. The molecule has 8 heteroatoms. The van der Waals surface area contributed by atoms with E-state index < -0.39 is 10.0 Å². The van der Waals surface area contributed by atoms with Crippen LogP contribution in [0.15, 0.2) is 41.3 Å². The Morgan fingerprint density at radius 2 is 1.94 bits per heavy atom. The fourth-order valence-corrected chi connectivity index (χ4v) is 5.91. The molecule has 31 heavy (non-hydrogen) atoms. The van der Waals surface area contributed by atoms with Gasteiger partial charge >= 0.3 is 0 Å². The normalized spacial score (nSPS) is 16.4. The molecule has 0 atom stereocenters. The van der Waals surface area contributed by atoms with Gasteiger partial charge in [0, 0.05) is 36.1 Å². The summed E-state index contributed by atoms with van der Waals surface area (Å²) in [6.45, 7) is 4.01. The third-order valence-corrected chi connectivity index (χ3v) is 7.65. The lowest BCUT2D eigenvalue weighted by atomic mass is 10.1. The molecule has 0 radical (unpaired) electrons. The number of fused-ring (bicyclic) bond motifs is 1. The first-order valence-corrected chi connectivity index (χ1v) is 12.3. The summed E-state index contributed by atoms with van der Waals surface area (Å²) < 4.78 is 34.0. The molecule has 0 saturated heterocycles. The third kappa shape index (κ3) is 4.55. The summed E-state index contributed by atoms with van der Waals surface area (Å²) in [6, 6.07) is 10.3. The van der Waals surface area contributed by atoms with Crippen LogP contribution >= 0.6 is 0 Å². The molecule has 1 amide bonds. The van der Waals surface area contributed by atoms with Crippen molar-refractivity contribution in [2.45, 2.75) is 50.0 Å². The Bertz CT molecular complexity index is 1080. The second-order valence-corrected chi connectivity index (χ2v) is 9.78. The van der Waals surface area contributed by atoms with Crippen molar-refractivity contribution in [3.05, 3.63) is 47.5 Å². The first-order valence-electron chi connectivity index (χ1n) is 10.8. The number of carbonyl (C=O) groups excluding carboxylic acids is 1. The zero-order valence-corrected chi connectivity index (χ0v) is 18.8. The number of likely N-dealkylation sites (N-methyl/N-ethyl adjacent to an activating group) is 1. The lowest BCUT2D eigenvalue weighted by Crippen LogP contribution is -2.33. The van der Waals surface area contributed by atoms with Gasteiger partial charge < -0.3 is 15.0 Å². The highest BCUT2D eigenvalue weighted by Crippen LogP contribution is 2.31. The molecule has 2 aromatic rings. The van der Waals surface area contributed by atoms with Crippen molar-refractivity contribution in [2.75, 3.05) is 30.4 Å². The molecule has 166 valence electrons. The summed E-state index contributed by atoms with van der Waals surface area (Å²) in [5, 5.41) is 2.90. The molecule has 7 nitrogen and oxygen atoms in total. The molecule has 2 aliphatic rings. The number of nitrogens with zero attached hydrogens (tertiary/aromatic N) is 1. The quantitative estimate of drug-likeness (QED) is 0.683. The monoisotopic (exact) mass is 443 g/mol. The number of hydrogen-bond acceptors (Lipinski definition) is 5. The highest BCUT2D eigenvalue weighted by molar-refractivity contribution is 7.89. The van der Waals surface area contributed by atoms with Gasteiger partial charge in [-0.3, -0.25) is 4.79 Å². The largest absolute Gasteiger partial charge is 0.495 e. The molecular weight excluding hydrogens is 414 g/mol. The van der Waals surface area contributed by atoms with E-state index in [1.54, 1.807) is 6.07 Å². The average Bonchev–Trinajstić information content (AvgIpc) is 3.42. The number of anilines is 2. The maximum Gasteiger partial charge on any atom is 0.255 e. The predicted molar refractivity (Wildman–Crippen MR) is 122 cm³/mol. The summed E-state index contributed by atoms with van der Waals surface area (Å²) in [4.78, 5) is 15.2. The van der Waals surface area contributed by atoms with Crippen molar-refractivity contribution in [1.29, 1.82) is 0 Å². The van der Waals surface area contributed by atoms with Gasteiger partial charge in [0.2, 0.25) is 10.0 Å². The van der Waals surface area contributed by atoms with Crippen LogP contribution in [0.1, 0.15) is 48.5 Å². The molecular formula is C23H29N3O4S. The topological polar surface area (TPSA) is 87.7 Å². The minimum absolute atomic E-state index is 0.0133. The zero-order valence-electron chi connectivity index (χ0n) is 18.0. The van der Waals surface area contributed by atoms with E-state index in [9.17, 15) is 13.2 Å². The van der Waals surface area contributed by atoms with E-state index in [2.05, 4.69) is 21.9 Å². The molecule has 0 spiro atoms. The van der Waals surface area contributed by atoms with Crippen molar-refractivity contribution >= 4 is 27.3 Å². The van der Waals surface area contributed by atoms with Crippen LogP contribution in [0.3, 0.4) is 0 Å². The Morgan fingerprint density at radius 3 is 2.65 bits per heavy atom. The van der Waals surface area contributed by atoms with Gasteiger partial charge in [0.25, 0.3) is 5.91 Å². The first-order chi connectivity index (χ1) is 14.9. The molecule has 2 N–H and O–H groups in total. The number of hydrogen-bond donors (Lipinski definition) is 2. The van der Waals surface area contributed by atoms with Crippen LogP contribution in [0.25, 0.3) is 0 Å². The Hall–Kier alpha value is -2.58. The fourth-order valence-electron chi connectivity index (χ4n) is 4.41. The molecule has 1 aliphatic heterocycles. The third-order valence-electron chi connectivity index (χ3n) is 6.11. The number of nitrogens with one attached hydrogen (secondary N) is 2. The van der Waals surface area contributed by atoms with Crippen LogP contribution in [-0.2, 0) is 16.4 Å². The van der Waals surface area contributed by atoms with Gasteiger partial charge in [-0.05, 0) is 62.1 Å². The summed E-state index contributed by atoms with van der Waals surface area (Å²) in [6.07, 6.45) is 4.70. The average molecular weight is 444 g/mol. The van der Waals surface area contributed by atoms with E-state index in [1.165, 1.54) is 24.8 Å². The summed E-state index contributed by atoms with van der Waals surface area (Å²) in [7, 11) is -2.37. The van der Waals surface area contributed by atoms with Gasteiger partial charge in [0.15, 0.2) is 0 Å². The maximum absolute atomic E-state index is 13.0. The van der Waals surface area contributed by atoms with Crippen molar-refractivity contribution < 1.29 is 17.9 Å². The first kappa shape index (κ1) is 21.6. The minimum atomic E-state index is -3.80. The van der Waals surface area contributed by atoms with Crippen LogP contribution in [0, 0.1) is 0 Å². The number of benzene rings is 2. The smallest absolute Gasteiger partial charge is 0.255 e. The van der Waals surface area contributed by atoms with E-state index in [-0.39, 0.29) is 28.2 Å². The molecule has 1 aliphatic carbocycles. The fraction of sp³-hybridized carbons (Fsp3) is 0.435. The predicted octanol–water partition coefficient (Wildman–Crippen LogP) is 3.55. The van der Waals surface area contributed by atoms with E-state index >= 15 is 0 Å². The van der Waals surface area contributed by atoms with Crippen LogP contribution in [0.4, 0.5) is 11.4 Å². The minimum Gasteiger partial charge on any atom is -0.495 e. The Labute approximate surface area is 183 Å². The maximum atomic E-state index is 13.0. The molecule has 1 heterocycles. The van der Waals surface area contributed by atoms with Crippen LogP contribution in [0.2, 0.25) is 0 Å². The summed E-state index contributed by atoms with van der Waals surface area (Å²) in [5.41, 5.74) is 3.36. The Kier molecular flexibility index (Phi) is 6.20. The Morgan fingerprint density at radius 1 is 1.16 bits per heavy atom. The SMILES string of the molecule is CCN1CCc2ccc(NC(=O)c3ccc(OC)c(S(=O)(=O)NC4CCCC4)c3)cc21. The van der Waals surface area contributed by atoms with E-state index in [1.807, 2.05) is 18.2 Å². The second kappa shape index (κ2) is 8.88. The number of sulfonamides is 1. The van der Waals surface area contributed by atoms with Crippen LogP contribution < -0.4 is 19.7 Å². The van der Waals surface area contributed by atoms with Crippen molar-refractivity contribution in [2.24, 2.45) is 0 Å². The number of rotatable bonds is 7. The van der Waals surface area contributed by atoms with E-state index in [0.717, 1.165) is 50.9 Å². The molecule has 0 aromatic heterocycles. The van der Waals surface area contributed by atoms with Crippen LogP contribution in [0.5, 0.6) is 5.75 Å². The van der Waals surface area contributed by atoms with Crippen molar-refractivity contribution in [3.63, 3.8) is 0 Å². The van der Waals surface area contributed by atoms with Gasteiger partial charge in [-0.1, -0.05) is 18.9 Å². The number of methoxy groups -OCH3 is 1. The highest BCUT2D eigenvalue weighted by atomic mass is 32.2. The Balaban J connectivity index is 1.57. The van der Waals surface area contributed by atoms with Gasteiger partial charge in [0.05, 0.1) is 7.11 Å². The number of carbonyl (C=O) groups is 1. The van der Waals surface area contributed by atoms with Crippen LogP contribution in [-0.4, -0.2) is 40.6 Å². The molecule has 2 aromatic carbocycles. The number of amides is 1. The van der Waals surface area contributed by atoms with E-state index in [4.69, 9.17) is 4.74 Å².